The standard InChI is InChI=1S/C26H26BrCl2N3O5S2/c27-21-6-11-24(12-7-21)39(36,37)32(17-20-5-8-22(28)15-25(20)29)18-26(33)30-16-19-3-9-23(10-4-19)38(34,35)31-13-1-2-14-31/h3-12,15H,1-2,13-14,16-18H2,(H,30,33). The molecule has 1 saturated heterocycles. The molecule has 0 aromatic heterocycles. The smallest absolute Gasteiger partial charge is 0.243 e. The molecule has 0 unspecified atom stereocenters. The highest BCUT2D eigenvalue weighted by Gasteiger charge is 2.28. The predicted molar refractivity (Wildman–Crippen MR) is 154 cm³/mol. The fraction of sp³-hybridized carbons (Fsp3) is 0.269. The summed E-state index contributed by atoms with van der Waals surface area (Å²) in [6, 6.07) is 17.1. The van der Waals surface area contributed by atoms with Gasteiger partial charge >= 0.3 is 0 Å². The number of benzene rings is 3. The summed E-state index contributed by atoms with van der Waals surface area (Å²) >= 11 is 15.6. The molecule has 13 heteroatoms. The maximum atomic E-state index is 13.5. The Morgan fingerprint density at radius 3 is 2.13 bits per heavy atom. The van der Waals surface area contributed by atoms with Crippen molar-refractivity contribution in [3.8, 4) is 0 Å². The Hall–Kier alpha value is -1.99. The van der Waals surface area contributed by atoms with Gasteiger partial charge in [0.1, 0.15) is 0 Å². The van der Waals surface area contributed by atoms with Gasteiger partial charge in [-0.2, -0.15) is 8.61 Å². The normalized spacial score (nSPS) is 14.6. The summed E-state index contributed by atoms with van der Waals surface area (Å²) in [6.07, 6.45) is 1.70. The summed E-state index contributed by atoms with van der Waals surface area (Å²) in [5, 5.41) is 3.40. The van der Waals surface area contributed by atoms with Crippen molar-refractivity contribution in [2.24, 2.45) is 0 Å². The van der Waals surface area contributed by atoms with Crippen LogP contribution >= 0.6 is 39.1 Å². The van der Waals surface area contributed by atoms with Crippen molar-refractivity contribution in [2.75, 3.05) is 19.6 Å². The molecule has 3 aromatic rings. The van der Waals surface area contributed by atoms with Crippen LogP contribution in [0.1, 0.15) is 24.0 Å². The number of halogens is 3. The third-order valence-corrected chi connectivity index (χ3v) is 11.1. The lowest BCUT2D eigenvalue weighted by atomic mass is 10.2. The number of carbonyl (C=O) groups excluding carboxylic acids is 1. The number of rotatable bonds is 10. The minimum absolute atomic E-state index is 0.0263. The minimum Gasteiger partial charge on any atom is -0.351 e. The molecule has 0 bridgehead atoms. The van der Waals surface area contributed by atoms with Crippen molar-refractivity contribution in [1.82, 2.24) is 13.9 Å². The zero-order chi connectivity index (χ0) is 28.2. The van der Waals surface area contributed by atoms with Crippen LogP contribution < -0.4 is 5.32 Å². The third-order valence-electron chi connectivity index (χ3n) is 6.25. The maximum absolute atomic E-state index is 13.5. The van der Waals surface area contributed by atoms with Gasteiger partial charge in [-0.25, -0.2) is 16.8 Å². The van der Waals surface area contributed by atoms with Gasteiger partial charge in [0.15, 0.2) is 0 Å². The minimum atomic E-state index is -4.06. The Bertz CT molecular complexity index is 1550. The maximum Gasteiger partial charge on any atom is 0.243 e. The lowest BCUT2D eigenvalue weighted by Gasteiger charge is -2.22. The zero-order valence-electron chi connectivity index (χ0n) is 20.7. The molecule has 1 N–H and O–H groups in total. The molecule has 1 aliphatic heterocycles. The molecule has 0 aliphatic carbocycles. The molecule has 4 rings (SSSR count). The van der Waals surface area contributed by atoms with Gasteiger partial charge in [0.25, 0.3) is 0 Å². The number of nitrogens with one attached hydrogen (secondary N) is 1. The number of amides is 1. The van der Waals surface area contributed by atoms with E-state index in [0.717, 1.165) is 17.1 Å². The average molecular weight is 675 g/mol. The second kappa shape index (κ2) is 12.7. The van der Waals surface area contributed by atoms with E-state index in [4.69, 9.17) is 23.2 Å². The van der Waals surface area contributed by atoms with Crippen molar-refractivity contribution in [1.29, 1.82) is 0 Å². The summed E-state index contributed by atoms with van der Waals surface area (Å²) in [5.41, 5.74) is 1.16. The fourth-order valence-electron chi connectivity index (χ4n) is 4.09. The van der Waals surface area contributed by atoms with Crippen LogP contribution in [0.15, 0.2) is 81.0 Å². The first kappa shape index (κ1) is 30.0. The monoisotopic (exact) mass is 673 g/mol. The van der Waals surface area contributed by atoms with E-state index in [1.165, 1.54) is 34.6 Å². The lowest BCUT2D eigenvalue weighted by molar-refractivity contribution is -0.121. The number of hydrogen-bond acceptors (Lipinski definition) is 5. The van der Waals surface area contributed by atoms with E-state index in [2.05, 4.69) is 21.2 Å². The Morgan fingerprint density at radius 1 is 0.897 bits per heavy atom. The van der Waals surface area contributed by atoms with E-state index in [1.54, 1.807) is 36.4 Å². The van der Waals surface area contributed by atoms with E-state index in [9.17, 15) is 21.6 Å². The fourth-order valence-corrected chi connectivity index (χ4v) is 7.72. The van der Waals surface area contributed by atoms with Crippen molar-refractivity contribution >= 4 is 65.1 Å². The highest BCUT2D eigenvalue weighted by atomic mass is 79.9. The predicted octanol–water partition coefficient (Wildman–Crippen LogP) is 5.05. The molecular weight excluding hydrogens is 649 g/mol. The summed E-state index contributed by atoms with van der Waals surface area (Å²) in [7, 11) is -7.60. The number of carbonyl (C=O) groups is 1. The van der Waals surface area contributed by atoms with Gasteiger partial charge in [-0.1, -0.05) is 57.3 Å². The van der Waals surface area contributed by atoms with Crippen LogP contribution in [-0.4, -0.2) is 51.0 Å². The Morgan fingerprint density at radius 2 is 1.51 bits per heavy atom. The quantitative estimate of drug-likeness (QED) is 0.324. The van der Waals surface area contributed by atoms with Crippen LogP contribution in [0.5, 0.6) is 0 Å². The Kier molecular flexibility index (Phi) is 9.74. The largest absolute Gasteiger partial charge is 0.351 e. The second-order valence-corrected chi connectivity index (χ2v) is 14.6. The van der Waals surface area contributed by atoms with Crippen LogP contribution in [0.25, 0.3) is 0 Å². The molecular formula is C26H26BrCl2N3O5S2. The second-order valence-electron chi connectivity index (χ2n) is 8.99. The van der Waals surface area contributed by atoms with E-state index >= 15 is 0 Å². The molecule has 0 saturated carbocycles. The zero-order valence-corrected chi connectivity index (χ0v) is 25.4. The summed E-state index contributed by atoms with van der Waals surface area (Å²) in [6.45, 7) is 0.516. The first-order valence-corrected chi connectivity index (χ1v) is 16.5. The molecule has 0 spiro atoms. The van der Waals surface area contributed by atoms with Gasteiger partial charge in [0.2, 0.25) is 26.0 Å². The summed E-state index contributed by atoms with van der Waals surface area (Å²) in [4.78, 5) is 13.1. The topological polar surface area (TPSA) is 104 Å². The Balaban J connectivity index is 1.47. The number of hydrogen-bond donors (Lipinski definition) is 1. The van der Waals surface area contributed by atoms with Gasteiger partial charge in [0, 0.05) is 40.7 Å². The van der Waals surface area contributed by atoms with Crippen LogP contribution in [-0.2, 0) is 37.9 Å². The molecule has 1 amide bonds. The van der Waals surface area contributed by atoms with Crippen LogP contribution in [0.2, 0.25) is 10.0 Å². The molecule has 0 atom stereocenters. The van der Waals surface area contributed by atoms with Crippen molar-refractivity contribution in [3.63, 3.8) is 0 Å². The van der Waals surface area contributed by atoms with E-state index in [1.807, 2.05) is 0 Å². The number of sulfonamides is 2. The molecule has 3 aromatic carbocycles. The van der Waals surface area contributed by atoms with E-state index in [0.29, 0.717) is 33.7 Å². The molecule has 1 aliphatic rings. The van der Waals surface area contributed by atoms with Crippen LogP contribution in [0.3, 0.4) is 0 Å². The van der Waals surface area contributed by atoms with E-state index in [-0.39, 0.29) is 27.9 Å². The first-order valence-electron chi connectivity index (χ1n) is 12.0. The lowest BCUT2D eigenvalue weighted by Crippen LogP contribution is -2.40. The molecule has 1 fully saturated rings. The highest BCUT2D eigenvalue weighted by molar-refractivity contribution is 9.10. The van der Waals surface area contributed by atoms with Crippen molar-refractivity contribution in [2.45, 2.75) is 35.7 Å². The molecule has 0 radical (unpaired) electrons. The van der Waals surface area contributed by atoms with Gasteiger partial charge in [0.05, 0.1) is 16.3 Å². The SMILES string of the molecule is O=C(CN(Cc1ccc(Cl)cc1Cl)S(=O)(=O)c1ccc(Br)cc1)NCc1ccc(S(=O)(=O)N2CCCC2)cc1. The molecule has 8 nitrogen and oxygen atoms in total. The molecule has 39 heavy (non-hydrogen) atoms. The van der Waals surface area contributed by atoms with Gasteiger partial charge in [-0.05, 0) is 72.5 Å². The van der Waals surface area contributed by atoms with Crippen LogP contribution in [0.4, 0.5) is 0 Å². The number of nitrogens with zero attached hydrogens (tertiary/aromatic N) is 2. The van der Waals surface area contributed by atoms with Crippen molar-refractivity contribution < 1.29 is 21.6 Å². The average Bonchev–Trinajstić information content (AvgIpc) is 3.45. The van der Waals surface area contributed by atoms with Crippen LogP contribution in [0, 0.1) is 0 Å². The molecule has 208 valence electrons. The van der Waals surface area contributed by atoms with E-state index < -0.39 is 32.5 Å². The first-order chi connectivity index (χ1) is 18.5. The summed E-state index contributed by atoms with van der Waals surface area (Å²) in [5.74, 6) is -0.533. The third kappa shape index (κ3) is 7.40. The van der Waals surface area contributed by atoms with Gasteiger partial charge in [-0.3, -0.25) is 4.79 Å². The molecule has 1 heterocycles. The highest BCUT2D eigenvalue weighted by Crippen LogP contribution is 2.26. The Labute approximate surface area is 247 Å². The van der Waals surface area contributed by atoms with Gasteiger partial charge in [-0.15, -0.1) is 0 Å². The van der Waals surface area contributed by atoms with Crippen molar-refractivity contribution in [3.05, 3.63) is 92.4 Å². The summed E-state index contributed by atoms with van der Waals surface area (Å²) < 4.78 is 55.6. The van der Waals surface area contributed by atoms with Gasteiger partial charge < -0.3 is 5.32 Å².